The van der Waals surface area contributed by atoms with Crippen LogP contribution in [-0.2, 0) is 4.79 Å². The average Bonchev–Trinajstić information content (AvgIpc) is 2.64. The van der Waals surface area contributed by atoms with Gasteiger partial charge in [0.05, 0.1) is 7.11 Å². The lowest BCUT2D eigenvalue weighted by molar-refractivity contribution is -0.124. The van der Waals surface area contributed by atoms with Crippen LogP contribution in [0.4, 0.5) is 0 Å². The summed E-state index contributed by atoms with van der Waals surface area (Å²) in [5, 5.41) is 0. The molecule has 1 aliphatic rings. The van der Waals surface area contributed by atoms with E-state index in [1.54, 1.807) is 13.2 Å². The molecule has 0 spiro atoms. The van der Waals surface area contributed by atoms with Crippen molar-refractivity contribution in [2.75, 3.05) is 27.2 Å². The predicted molar refractivity (Wildman–Crippen MR) is 95.6 cm³/mol. The van der Waals surface area contributed by atoms with Crippen LogP contribution in [0.2, 0.25) is 0 Å². The summed E-state index contributed by atoms with van der Waals surface area (Å²) in [5.41, 5.74) is 0.682. The largest absolute Gasteiger partial charge is 0.497 e. The summed E-state index contributed by atoms with van der Waals surface area (Å²) >= 11 is 0. The van der Waals surface area contributed by atoms with Gasteiger partial charge in [0.15, 0.2) is 5.78 Å². The lowest BCUT2D eigenvalue weighted by Crippen LogP contribution is -2.27. The standard InChI is InChI=1S/C20H29NO3/c1-21(13-11-19(22)16-7-4-3-5-8-16)14-12-20(23)17-9-6-10-18(15-17)24-2/h6,9-10,15-16H,3-5,7-8,11-14H2,1-2H3. The highest BCUT2D eigenvalue weighted by Crippen LogP contribution is 2.25. The van der Waals surface area contributed by atoms with E-state index in [0.29, 0.717) is 36.5 Å². The third-order valence-electron chi connectivity index (χ3n) is 4.91. The summed E-state index contributed by atoms with van der Waals surface area (Å²) in [7, 11) is 3.58. The zero-order valence-corrected chi connectivity index (χ0v) is 14.9. The molecular weight excluding hydrogens is 302 g/mol. The molecule has 0 radical (unpaired) electrons. The molecule has 0 N–H and O–H groups in total. The number of nitrogens with zero attached hydrogens (tertiary/aromatic N) is 1. The third-order valence-corrected chi connectivity index (χ3v) is 4.91. The zero-order valence-electron chi connectivity index (χ0n) is 14.9. The fourth-order valence-corrected chi connectivity index (χ4v) is 3.27. The third kappa shape index (κ3) is 5.75. The molecule has 0 atom stereocenters. The average molecular weight is 331 g/mol. The minimum atomic E-state index is 0.111. The number of ether oxygens (including phenoxy) is 1. The smallest absolute Gasteiger partial charge is 0.164 e. The van der Waals surface area contributed by atoms with E-state index in [1.165, 1.54) is 19.3 Å². The van der Waals surface area contributed by atoms with E-state index in [2.05, 4.69) is 4.90 Å². The fourth-order valence-electron chi connectivity index (χ4n) is 3.27. The summed E-state index contributed by atoms with van der Waals surface area (Å²) in [4.78, 5) is 26.6. The van der Waals surface area contributed by atoms with Gasteiger partial charge in [-0.25, -0.2) is 0 Å². The summed E-state index contributed by atoms with van der Waals surface area (Å²) in [6, 6.07) is 7.25. The maximum absolute atomic E-state index is 12.3. The predicted octanol–water partition coefficient (Wildman–Crippen LogP) is 3.74. The van der Waals surface area contributed by atoms with Crippen LogP contribution in [0, 0.1) is 5.92 Å². The highest BCUT2D eigenvalue weighted by molar-refractivity contribution is 5.96. The van der Waals surface area contributed by atoms with Crippen molar-refractivity contribution in [3.8, 4) is 5.75 Å². The van der Waals surface area contributed by atoms with Crippen LogP contribution in [0.1, 0.15) is 55.3 Å². The van der Waals surface area contributed by atoms with Gasteiger partial charge in [-0.2, -0.15) is 0 Å². The second-order valence-electron chi connectivity index (χ2n) is 6.76. The number of benzene rings is 1. The van der Waals surface area contributed by atoms with Crippen molar-refractivity contribution in [2.24, 2.45) is 5.92 Å². The maximum atomic E-state index is 12.3. The van der Waals surface area contributed by atoms with Gasteiger partial charge in [0, 0.05) is 37.4 Å². The van der Waals surface area contributed by atoms with Crippen LogP contribution < -0.4 is 4.74 Å². The van der Waals surface area contributed by atoms with Crippen molar-refractivity contribution >= 4 is 11.6 Å². The van der Waals surface area contributed by atoms with Gasteiger partial charge in [0.25, 0.3) is 0 Å². The van der Waals surface area contributed by atoms with Crippen LogP contribution >= 0.6 is 0 Å². The van der Waals surface area contributed by atoms with E-state index in [0.717, 1.165) is 19.4 Å². The molecule has 0 saturated heterocycles. The number of Topliss-reactive ketones (excluding diaryl/α,β-unsaturated/α-hetero) is 2. The van der Waals surface area contributed by atoms with E-state index in [-0.39, 0.29) is 11.7 Å². The van der Waals surface area contributed by atoms with Crippen LogP contribution in [0.5, 0.6) is 5.75 Å². The van der Waals surface area contributed by atoms with E-state index in [4.69, 9.17) is 4.74 Å². The Hall–Kier alpha value is -1.68. The van der Waals surface area contributed by atoms with Crippen molar-refractivity contribution in [1.82, 2.24) is 4.90 Å². The fraction of sp³-hybridized carbons (Fsp3) is 0.600. The summed E-state index contributed by atoms with van der Waals surface area (Å²) in [5.74, 6) is 1.50. The molecule has 1 aromatic carbocycles. The number of carbonyl (C=O) groups is 2. The minimum Gasteiger partial charge on any atom is -0.497 e. The molecule has 0 unspecified atom stereocenters. The lowest BCUT2D eigenvalue weighted by atomic mass is 9.85. The van der Waals surface area contributed by atoms with E-state index >= 15 is 0 Å². The molecule has 0 amide bonds. The highest BCUT2D eigenvalue weighted by Gasteiger charge is 2.20. The number of hydrogen-bond acceptors (Lipinski definition) is 4. The Kier molecular flexibility index (Phi) is 7.44. The number of ketones is 2. The molecule has 2 rings (SSSR count). The molecule has 0 heterocycles. The van der Waals surface area contributed by atoms with E-state index < -0.39 is 0 Å². The first-order chi connectivity index (χ1) is 11.6. The molecule has 0 bridgehead atoms. The summed E-state index contributed by atoms with van der Waals surface area (Å²) in [6.07, 6.45) is 6.86. The number of hydrogen-bond donors (Lipinski definition) is 0. The van der Waals surface area contributed by atoms with E-state index in [9.17, 15) is 9.59 Å². The van der Waals surface area contributed by atoms with E-state index in [1.807, 2.05) is 25.2 Å². The number of methoxy groups -OCH3 is 1. The molecule has 1 saturated carbocycles. The van der Waals surface area contributed by atoms with Gasteiger partial charge < -0.3 is 9.64 Å². The van der Waals surface area contributed by atoms with Gasteiger partial charge in [-0.05, 0) is 32.0 Å². The molecule has 132 valence electrons. The highest BCUT2D eigenvalue weighted by atomic mass is 16.5. The molecule has 1 fully saturated rings. The van der Waals surface area contributed by atoms with Gasteiger partial charge in [0.2, 0.25) is 0 Å². The Morgan fingerprint density at radius 3 is 2.54 bits per heavy atom. The maximum Gasteiger partial charge on any atom is 0.164 e. The molecular formula is C20H29NO3. The number of carbonyl (C=O) groups excluding carboxylic acids is 2. The first-order valence-electron chi connectivity index (χ1n) is 8.98. The molecule has 0 aromatic heterocycles. The van der Waals surface area contributed by atoms with Crippen molar-refractivity contribution in [2.45, 2.75) is 44.9 Å². The SMILES string of the molecule is COc1cccc(C(=O)CCN(C)CCC(=O)C2CCCCC2)c1. The van der Waals surface area contributed by atoms with Crippen molar-refractivity contribution < 1.29 is 14.3 Å². The molecule has 4 heteroatoms. The second-order valence-corrected chi connectivity index (χ2v) is 6.76. The molecule has 24 heavy (non-hydrogen) atoms. The quantitative estimate of drug-likeness (QED) is 0.647. The van der Waals surface area contributed by atoms with Gasteiger partial charge in [0.1, 0.15) is 11.5 Å². The van der Waals surface area contributed by atoms with Gasteiger partial charge in [-0.3, -0.25) is 9.59 Å². The summed E-state index contributed by atoms with van der Waals surface area (Å²) < 4.78 is 5.15. The number of rotatable bonds is 9. The van der Waals surface area contributed by atoms with Crippen molar-refractivity contribution in [3.05, 3.63) is 29.8 Å². The normalized spacial score (nSPS) is 15.5. The molecule has 1 aromatic rings. The van der Waals surface area contributed by atoms with Crippen molar-refractivity contribution in [3.63, 3.8) is 0 Å². The first kappa shape index (κ1) is 18.7. The Morgan fingerprint density at radius 1 is 1.12 bits per heavy atom. The molecule has 1 aliphatic carbocycles. The van der Waals surface area contributed by atoms with Crippen LogP contribution in [0.3, 0.4) is 0 Å². The first-order valence-corrected chi connectivity index (χ1v) is 8.98. The molecule has 0 aliphatic heterocycles. The minimum absolute atomic E-state index is 0.111. The van der Waals surface area contributed by atoms with Crippen LogP contribution in [-0.4, -0.2) is 43.7 Å². The van der Waals surface area contributed by atoms with Gasteiger partial charge in [-0.1, -0.05) is 31.4 Å². The Bertz CT molecular complexity index is 550. The van der Waals surface area contributed by atoms with Gasteiger partial charge >= 0.3 is 0 Å². The Labute approximate surface area is 145 Å². The monoisotopic (exact) mass is 331 g/mol. The lowest BCUT2D eigenvalue weighted by Gasteiger charge is -2.22. The second kappa shape index (κ2) is 9.58. The topological polar surface area (TPSA) is 46.6 Å². The van der Waals surface area contributed by atoms with Crippen LogP contribution in [0.15, 0.2) is 24.3 Å². The Morgan fingerprint density at radius 2 is 1.83 bits per heavy atom. The van der Waals surface area contributed by atoms with Gasteiger partial charge in [-0.15, -0.1) is 0 Å². The summed E-state index contributed by atoms with van der Waals surface area (Å²) in [6.45, 7) is 1.41. The zero-order chi connectivity index (χ0) is 17.4. The van der Waals surface area contributed by atoms with Crippen LogP contribution in [0.25, 0.3) is 0 Å². The molecule has 4 nitrogen and oxygen atoms in total. The Balaban J connectivity index is 1.71. The van der Waals surface area contributed by atoms with Crippen molar-refractivity contribution in [1.29, 1.82) is 0 Å².